The number of hydrogen-bond acceptors (Lipinski definition) is 2. The number of rotatable bonds is 5. The van der Waals surface area contributed by atoms with Gasteiger partial charge >= 0.3 is 0 Å². The number of nitrogens with two attached hydrogens (primary N) is 1. The van der Waals surface area contributed by atoms with Crippen LogP contribution in [0, 0.1) is 6.92 Å². The highest BCUT2D eigenvalue weighted by molar-refractivity contribution is 6.30. The molecule has 1 saturated heterocycles. The Bertz CT molecular complexity index is 388. The molecule has 100 valence electrons. The summed E-state index contributed by atoms with van der Waals surface area (Å²) in [6.45, 7) is 3.01. The van der Waals surface area contributed by atoms with E-state index in [1.807, 2.05) is 12.1 Å². The Morgan fingerprint density at radius 3 is 3.00 bits per heavy atom. The number of benzene rings is 1. The molecular weight excluding hydrogens is 246 g/mol. The van der Waals surface area contributed by atoms with Crippen LogP contribution in [0.1, 0.15) is 49.3 Å². The van der Waals surface area contributed by atoms with E-state index in [9.17, 15) is 0 Å². The van der Waals surface area contributed by atoms with E-state index in [4.69, 9.17) is 22.1 Å². The van der Waals surface area contributed by atoms with Gasteiger partial charge in [0, 0.05) is 17.7 Å². The van der Waals surface area contributed by atoms with E-state index in [2.05, 4.69) is 13.0 Å². The molecule has 0 radical (unpaired) electrons. The van der Waals surface area contributed by atoms with Gasteiger partial charge in [-0.05, 0) is 62.3 Å². The molecule has 1 aliphatic heterocycles. The minimum absolute atomic E-state index is 0.115. The molecule has 18 heavy (non-hydrogen) atoms. The first-order valence-corrected chi connectivity index (χ1v) is 7.18. The third kappa shape index (κ3) is 3.71. The SMILES string of the molecule is Cc1cc(Cl)ccc1C(N)CCCC1CCCO1. The predicted octanol–water partition coefficient (Wildman–Crippen LogP) is 4.00. The summed E-state index contributed by atoms with van der Waals surface area (Å²) < 4.78 is 5.62. The van der Waals surface area contributed by atoms with Crippen LogP contribution in [-0.2, 0) is 4.74 Å². The van der Waals surface area contributed by atoms with Crippen LogP contribution in [0.5, 0.6) is 0 Å². The van der Waals surface area contributed by atoms with Crippen LogP contribution >= 0.6 is 11.6 Å². The van der Waals surface area contributed by atoms with Gasteiger partial charge in [0.25, 0.3) is 0 Å². The van der Waals surface area contributed by atoms with Crippen LogP contribution in [-0.4, -0.2) is 12.7 Å². The first kappa shape index (κ1) is 13.9. The number of halogens is 1. The summed E-state index contributed by atoms with van der Waals surface area (Å²) in [6, 6.07) is 6.07. The van der Waals surface area contributed by atoms with Crippen LogP contribution in [0.25, 0.3) is 0 Å². The van der Waals surface area contributed by atoms with Gasteiger partial charge in [0.2, 0.25) is 0 Å². The maximum Gasteiger partial charge on any atom is 0.0576 e. The van der Waals surface area contributed by atoms with Crippen molar-refractivity contribution >= 4 is 11.6 Å². The van der Waals surface area contributed by atoms with E-state index in [0.29, 0.717) is 6.10 Å². The lowest BCUT2D eigenvalue weighted by atomic mass is 9.96. The van der Waals surface area contributed by atoms with Crippen molar-refractivity contribution in [1.82, 2.24) is 0 Å². The predicted molar refractivity (Wildman–Crippen MR) is 75.9 cm³/mol. The zero-order chi connectivity index (χ0) is 13.0. The first-order chi connectivity index (χ1) is 8.66. The van der Waals surface area contributed by atoms with Crippen LogP contribution in [0.4, 0.5) is 0 Å². The van der Waals surface area contributed by atoms with Gasteiger partial charge in [-0.2, -0.15) is 0 Å². The second-order valence-corrected chi connectivity index (χ2v) is 5.61. The Labute approximate surface area is 114 Å². The summed E-state index contributed by atoms with van der Waals surface area (Å²) in [6.07, 6.45) is 6.20. The highest BCUT2D eigenvalue weighted by Gasteiger charge is 2.16. The maximum absolute atomic E-state index is 6.25. The summed E-state index contributed by atoms with van der Waals surface area (Å²) in [5.41, 5.74) is 8.65. The molecule has 2 atom stereocenters. The zero-order valence-corrected chi connectivity index (χ0v) is 11.7. The zero-order valence-electron chi connectivity index (χ0n) is 11.0. The third-order valence-corrected chi connectivity index (χ3v) is 3.93. The molecule has 0 aromatic heterocycles. The average molecular weight is 268 g/mol. The van der Waals surface area contributed by atoms with Gasteiger partial charge in [0.05, 0.1) is 6.10 Å². The Morgan fingerprint density at radius 1 is 1.50 bits per heavy atom. The van der Waals surface area contributed by atoms with Crippen LogP contribution < -0.4 is 5.73 Å². The molecule has 1 aliphatic rings. The molecule has 1 aromatic rings. The van der Waals surface area contributed by atoms with Crippen molar-refractivity contribution in [2.24, 2.45) is 5.73 Å². The van der Waals surface area contributed by atoms with E-state index in [1.165, 1.54) is 24.0 Å². The molecule has 1 heterocycles. The Kier molecular flexibility index (Phi) is 5.04. The smallest absolute Gasteiger partial charge is 0.0576 e. The second kappa shape index (κ2) is 6.55. The monoisotopic (exact) mass is 267 g/mol. The number of aryl methyl sites for hydroxylation is 1. The van der Waals surface area contributed by atoms with E-state index >= 15 is 0 Å². The molecule has 0 aliphatic carbocycles. The van der Waals surface area contributed by atoms with Crippen LogP contribution in [0.2, 0.25) is 5.02 Å². The van der Waals surface area contributed by atoms with Gasteiger partial charge < -0.3 is 10.5 Å². The van der Waals surface area contributed by atoms with Gasteiger partial charge in [0.1, 0.15) is 0 Å². The molecule has 2 unspecified atom stereocenters. The van der Waals surface area contributed by atoms with E-state index < -0.39 is 0 Å². The molecule has 2 rings (SSSR count). The second-order valence-electron chi connectivity index (χ2n) is 5.17. The van der Waals surface area contributed by atoms with Gasteiger partial charge in [-0.15, -0.1) is 0 Å². The molecule has 0 amide bonds. The van der Waals surface area contributed by atoms with Crippen molar-refractivity contribution in [2.75, 3.05) is 6.61 Å². The lowest BCUT2D eigenvalue weighted by molar-refractivity contribution is 0.101. The molecule has 0 bridgehead atoms. The van der Waals surface area contributed by atoms with Gasteiger partial charge in [0.15, 0.2) is 0 Å². The highest BCUT2D eigenvalue weighted by atomic mass is 35.5. The molecule has 0 saturated carbocycles. The summed E-state index contributed by atoms with van der Waals surface area (Å²) in [4.78, 5) is 0. The van der Waals surface area contributed by atoms with Crippen LogP contribution in [0.3, 0.4) is 0 Å². The van der Waals surface area contributed by atoms with Gasteiger partial charge in [-0.1, -0.05) is 17.7 Å². The summed E-state index contributed by atoms with van der Waals surface area (Å²) in [5.74, 6) is 0. The Morgan fingerprint density at radius 2 is 2.33 bits per heavy atom. The maximum atomic E-state index is 6.25. The van der Waals surface area contributed by atoms with Crippen LogP contribution in [0.15, 0.2) is 18.2 Å². The lowest BCUT2D eigenvalue weighted by Crippen LogP contribution is -2.13. The van der Waals surface area contributed by atoms with E-state index in [1.54, 1.807) is 0 Å². The quantitative estimate of drug-likeness (QED) is 0.875. The van der Waals surface area contributed by atoms with Crippen molar-refractivity contribution < 1.29 is 4.74 Å². The fourth-order valence-corrected chi connectivity index (χ4v) is 2.87. The molecule has 1 fully saturated rings. The van der Waals surface area contributed by atoms with Gasteiger partial charge in [-0.3, -0.25) is 0 Å². The minimum Gasteiger partial charge on any atom is -0.378 e. The third-order valence-electron chi connectivity index (χ3n) is 3.70. The molecule has 0 spiro atoms. The average Bonchev–Trinajstić information content (AvgIpc) is 2.81. The Balaban J connectivity index is 1.81. The Hall–Kier alpha value is -0.570. The molecule has 3 heteroatoms. The standard InChI is InChI=1S/C15H22ClNO/c1-11-10-12(16)7-8-14(11)15(17)6-2-4-13-5-3-9-18-13/h7-8,10,13,15H,2-6,9,17H2,1H3. The van der Waals surface area contributed by atoms with Crippen molar-refractivity contribution in [1.29, 1.82) is 0 Å². The number of hydrogen-bond donors (Lipinski definition) is 1. The fraction of sp³-hybridized carbons (Fsp3) is 0.600. The fourth-order valence-electron chi connectivity index (χ4n) is 2.65. The summed E-state index contributed by atoms with van der Waals surface area (Å²) in [5, 5.41) is 0.780. The van der Waals surface area contributed by atoms with Gasteiger partial charge in [-0.25, -0.2) is 0 Å². The molecule has 2 N–H and O–H groups in total. The van der Waals surface area contributed by atoms with Crippen molar-refractivity contribution in [2.45, 2.75) is 51.2 Å². The van der Waals surface area contributed by atoms with Crippen molar-refractivity contribution in [3.05, 3.63) is 34.3 Å². The van der Waals surface area contributed by atoms with E-state index in [0.717, 1.165) is 30.9 Å². The lowest BCUT2D eigenvalue weighted by Gasteiger charge is -2.16. The number of ether oxygens (including phenoxy) is 1. The first-order valence-electron chi connectivity index (χ1n) is 6.80. The molecular formula is C15H22ClNO. The summed E-state index contributed by atoms with van der Waals surface area (Å²) >= 11 is 5.95. The van der Waals surface area contributed by atoms with Crippen molar-refractivity contribution in [3.8, 4) is 0 Å². The largest absolute Gasteiger partial charge is 0.378 e. The van der Waals surface area contributed by atoms with E-state index in [-0.39, 0.29) is 6.04 Å². The highest BCUT2D eigenvalue weighted by Crippen LogP contribution is 2.25. The van der Waals surface area contributed by atoms with Crippen molar-refractivity contribution in [3.63, 3.8) is 0 Å². The molecule has 1 aromatic carbocycles. The minimum atomic E-state index is 0.115. The topological polar surface area (TPSA) is 35.2 Å². The molecule has 2 nitrogen and oxygen atoms in total. The summed E-state index contributed by atoms with van der Waals surface area (Å²) in [7, 11) is 0. The normalized spacial score (nSPS) is 21.2.